The first kappa shape index (κ1) is 15.4. The number of esters is 1. The SMILES string of the molecule is CCOC(=O)c1sc(-c2cnc(C)nc2N)nc1C(C)C. The summed E-state index contributed by atoms with van der Waals surface area (Å²) >= 11 is 1.26. The third-order valence-corrected chi connectivity index (χ3v) is 3.91. The van der Waals surface area contributed by atoms with E-state index in [0.29, 0.717) is 39.4 Å². The van der Waals surface area contributed by atoms with Crippen molar-refractivity contribution in [3.05, 3.63) is 22.6 Å². The van der Waals surface area contributed by atoms with E-state index in [1.165, 1.54) is 11.3 Å². The fourth-order valence-corrected chi connectivity index (χ4v) is 2.97. The van der Waals surface area contributed by atoms with Gasteiger partial charge in [0, 0.05) is 6.20 Å². The Morgan fingerprint density at radius 3 is 2.71 bits per heavy atom. The van der Waals surface area contributed by atoms with E-state index >= 15 is 0 Å². The molecule has 6 nitrogen and oxygen atoms in total. The fraction of sp³-hybridized carbons (Fsp3) is 0.429. The Kier molecular flexibility index (Phi) is 4.52. The molecule has 0 saturated heterocycles. The van der Waals surface area contributed by atoms with Crippen molar-refractivity contribution in [2.75, 3.05) is 12.3 Å². The Morgan fingerprint density at radius 2 is 2.14 bits per heavy atom. The molecule has 2 rings (SSSR count). The largest absolute Gasteiger partial charge is 0.462 e. The highest BCUT2D eigenvalue weighted by molar-refractivity contribution is 7.17. The van der Waals surface area contributed by atoms with Crippen LogP contribution in [0, 0.1) is 6.92 Å². The Hall–Kier alpha value is -2.02. The number of thiazole rings is 1. The number of hydrogen-bond acceptors (Lipinski definition) is 7. The lowest BCUT2D eigenvalue weighted by atomic mass is 10.1. The molecule has 7 heteroatoms. The molecule has 0 aliphatic heterocycles. The molecule has 0 atom stereocenters. The lowest BCUT2D eigenvalue weighted by molar-refractivity contribution is 0.0530. The Bertz CT molecular complexity index is 667. The molecular formula is C14H18N4O2S. The average molecular weight is 306 g/mol. The lowest BCUT2D eigenvalue weighted by Crippen LogP contribution is -2.06. The summed E-state index contributed by atoms with van der Waals surface area (Å²) in [6.07, 6.45) is 1.63. The van der Waals surface area contributed by atoms with Crippen LogP contribution in [-0.2, 0) is 4.74 Å². The number of aryl methyl sites for hydroxylation is 1. The number of hydrogen-bond donors (Lipinski definition) is 1. The van der Waals surface area contributed by atoms with Crippen LogP contribution in [0.2, 0.25) is 0 Å². The number of ether oxygens (including phenoxy) is 1. The molecule has 0 radical (unpaired) electrons. The molecule has 0 bridgehead atoms. The van der Waals surface area contributed by atoms with E-state index in [1.807, 2.05) is 13.8 Å². The van der Waals surface area contributed by atoms with Gasteiger partial charge in [-0.1, -0.05) is 13.8 Å². The van der Waals surface area contributed by atoms with Gasteiger partial charge in [-0.15, -0.1) is 11.3 Å². The van der Waals surface area contributed by atoms with Gasteiger partial charge in [0.15, 0.2) is 0 Å². The topological polar surface area (TPSA) is 91.0 Å². The van der Waals surface area contributed by atoms with Gasteiger partial charge >= 0.3 is 5.97 Å². The predicted molar refractivity (Wildman–Crippen MR) is 82.3 cm³/mol. The van der Waals surface area contributed by atoms with Gasteiger partial charge in [0.25, 0.3) is 0 Å². The summed E-state index contributed by atoms with van der Waals surface area (Å²) < 4.78 is 5.09. The highest BCUT2D eigenvalue weighted by atomic mass is 32.1. The fourth-order valence-electron chi connectivity index (χ4n) is 1.83. The van der Waals surface area contributed by atoms with Crippen LogP contribution in [-0.4, -0.2) is 27.5 Å². The molecule has 2 N–H and O–H groups in total. The number of carbonyl (C=O) groups is 1. The van der Waals surface area contributed by atoms with Crippen molar-refractivity contribution in [3.63, 3.8) is 0 Å². The van der Waals surface area contributed by atoms with Gasteiger partial charge in [-0.25, -0.2) is 19.7 Å². The number of carbonyl (C=O) groups excluding carboxylic acids is 1. The van der Waals surface area contributed by atoms with Gasteiger partial charge < -0.3 is 10.5 Å². The zero-order valence-corrected chi connectivity index (χ0v) is 13.3. The van der Waals surface area contributed by atoms with Gasteiger partial charge in [0.2, 0.25) is 0 Å². The van der Waals surface area contributed by atoms with Crippen LogP contribution in [0.1, 0.15) is 47.9 Å². The van der Waals surface area contributed by atoms with Crippen molar-refractivity contribution in [1.82, 2.24) is 15.0 Å². The molecular weight excluding hydrogens is 288 g/mol. The molecule has 2 aromatic heterocycles. The second-order valence-corrected chi connectivity index (χ2v) is 5.82. The number of anilines is 1. The summed E-state index contributed by atoms with van der Waals surface area (Å²) in [4.78, 5) is 25.4. The number of aromatic nitrogens is 3. The van der Waals surface area contributed by atoms with E-state index in [-0.39, 0.29) is 11.9 Å². The van der Waals surface area contributed by atoms with Crippen molar-refractivity contribution in [1.29, 1.82) is 0 Å². The smallest absolute Gasteiger partial charge is 0.350 e. The average Bonchev–Trinajstić information content (AvgIpc) is 2.84. The molecule has 21 heavy (non-hydrogen) atoms. The minimum atomic E-state index is -0.350. The summed E-state index contributed by atoms with van der Waals surface area (Å²) in [5.74, 6) is 0.725. The summed E-state index contributed by atoms with van der Waals surface area (Å²) in [6, 6.07) is 0. The molecule has 0 unspecified atom stereocenters. The molecule has 0 spiro atoms. The second-order valence-electron chi connectivity index (χ2n) is 4.82. The number of rotatable bonds is 4. The van der Waals surface area contributed by atoms with Crippen LogP contribution >= 0.6 is 11.3 Å². The minimum absolute atomic E-state index is 0.113. The van der Waals surface area contributed by atoms with Gasteiger partial charge in [-0.3, -0.25) is 0 Å². The molecule has 2 heterocycles. The van der Waals surface area contributed by atoms with Crippen LogP contribution in [0.25, 0.3) is 10.6 Å². The summed E-state index contributed by atoms with van der Waals surface area (Å²) in [6.45, 7) is 7.85. The zero-order chi connectivity index (χ0) is 15.6. The highest BCUT2D eigenvalue weighted by Gasteiger charge is 2.23. The molecule has 0 aliphatic rings. The highest BCUT2D eigenvalue weighted by Crippen LogP contribution is 2.34. The van der Waals surface area contributed by atoms with Gasteiger partial charge in [0.1, 0.15) is 21.5 Å². The van der Waals surface area contributed by atoms with E-state index in [0.717, 1.165) is 0 Å². The molecule has 0 saturated carbocycles. The van der Waals surface area contributed by atoms with Crippen LogP contribution in [0.3, 0.4) is 0 Å². The van der Waals surface area contributed by atoms with Crippen LogP contribution in [0.5, 0.6) is 0 Å². The van der Waals surface area contributed by atoms with Crippen LogP contribution in [0.4, 0.5) is 5.82 Å². The van der Waals surface area contributed by atoms with Gasteiger partial charge in [0.05, 0.1) is 17.9 Å². The maximum atomic E-state index is 12.0. The number of nitrogen functional groups attached to an aromatic ring is 1. The van der Waals surface area contributed by atoms with E-state index in [2.05, 4.69) is 15.0 Å². The van der Waals surface area contributed by atoms with Crippen molar-refractivity contribution in [3.8, 4) is 10.6 Å². The molecule has 112 valence electrons. The van der Waals surface area contributed by atoms with Crippen LogP contribution in [0.15, 0.2) is 6.20 Å². The van der Waals surface area contributed by atoms with Crippen molar-refractivity contribution >= 4 is 23.1 Å². The normalized spacial score (nSPS) is 10.9. The third kappa shape index (κ3) is 3.18. The van der Waals surface area contributed by atoms with E-state index in [9.17, 15) is 4.79 Å². The molecule has 0 amide bonds. The quantitative estimate of drug-likeness (QED) is 0.873. The second kappa shape index (κ2) is 6.17. The lowest BCUT2D eigenvalue weighted by Gasteiger charge is -2.04. The Labute approximate surface area is 127 Å². The summed E-state index contributed by atoms with van der Waals surface area (Å²) in [5, 5.41) is 0.638. The molecule has 0 aromatic carbocycles. The number of nitrogens with two attached hydrogens (primary N) is 1. The molecule has 0 fully saturated rings. The first-order valence-corrected chi connectivity index (χ1v) is 7.53. The maximum Gasteiger partial charge on any atom is 0.350 e. The van der Waals surface area contributed by atoms with Crippen LogP contribution < -0.4 is 5.73 Å². The minimum Gasteiger partial charge on any atom is -0.462 e. The number of nitrogens with zero attached hydrogens (tertiary/aromatic N) is 3. The summed E-state index contributed by atoms with van der Waals surface area (Å²) in [7, 11) is 0. The molecule has 2 aromatic rings. The first-order valence-electron chi connectivity index (χ1n) is 6.71. The predicted octanol–water partition coefficient (Wildman–Crippen LogP) is 2.79. The van der Waals surface area contributed by atoms with Crippen molar-refractivity contribution < 1.29 is 9.53 Å². The zero-order valence-electron chi connectivity index (χ0n) is 12.5. The van der Waals surface area contributed by atoms with Crippen molar-refractivity contribution in [2.45, 2.75) is 33.6 Å². The van der Waals surface area contributed by atoms with E-state index < -0.39 is 0 Å². The maximum absolute atomic E-state index is 12.0. The van der Waals surface area contributed by atoms with Gasteiger partial charge in [-0.05, 0) is 19.8 Å². The molecule has 0 aliphatic carbocycles. The monoisotopic (exact) mass is 306 g/mol. The third-order valence-electron chi connectivity index (χ3n) is 2.83. The standard InChI is InChI=1S/C14H18N4O2S/c1-5-20-14(19)11-10(7(2)3)18-13(21-11)9-6-16-8(4)17-12(9)15/h6-7H,5H2,1-4H3,(H2,15,16,17). The first-order chi connectivity index (χ1) is 9.93. The summed E-state index contributed by atoms with van der Waals surface area (Å²) in [5.41, 5.74) is 7.28. The Balaban J connectivity index is 2.51. The van der Waals surface area contributed by atoms with Crippen molar-refractivity contribution in [2.24, 2.45) is 0 Å². The van der Waals surface area contributed by atoms with Gasteiger partial charge in [-0.2, -0.15) is 0 Å². The Morgan fingerprint density at radius 1 is 1.43 bits per heavy atom. The van der Waals surface area contributed by atoms with E-state index in [4.69, 9.17) is 10.5 Å². The van der Waals surface area contributed by atoms with E-state index in [1.54, 1.807) is 20.0 Å².